The van der Waals surface area contributed by atoms with Crippen LogP contribution in [0.25, 0.3) is 0 Å². The van der Waals surface area contributed by atoms with Crippen LogP contribution in [0.2, 0.25) is 0 Å². The second-order valence-electron chi connectivity index (χ2n) is 2.86. The average molecular weight is 280 g/mol. The number of alkyl halides is 1. The first-order chi connectivity index (χ1) is 6.50. The fourth-order valence-corrected chi connectivity index (χ4v) is 1.62. The van der Waals surface area contributed by atoms with Crippen LogP contribution in [-0.2, 0) is 6.42 Å². The fourth-order valence-electron chi connectivity index (χ4n) is 0.973. The summed E-state index contributed by atoms with van der Waals surface area (Å²) < 4.78 is 0.624. The van der Waals surface area contributed by atoms with Crippen LogP contribution in [0, 0.1) is 10.1 Å². The van der Waals surface area contributed by atoms with Gasteiger partial charge < -0.3 is 0 Å². The smallest absolute Gasteiger partial charge is 0.258 e. The SMILES string of the molecule is CC(Cl)Cc1ncc([N+](=O)[O-])cc1Br. The maximum Gasteiger partial charge on any atom is 0.288 e. The van der Waals surface area contributed by atoms with Gasteiger partial charge in [-0.2, -0.15) is 0 Å². The molecule has 0 aliphatic carbocycles. The van der Waals surface area contributed by atoms with Crippen molar-refractivity contribution in [2.45, 2.75) is 18.7 Å². The first-order valence-electron chi connectivity index (χ1n) is 3.93. The number of hydrogen-bond acceptors (Lipinski definition) is 3. The maximum absolute atomic E-state index is 10.4. The van der Waals surface area contributed by atoms with Crippen LogP contribution in [0.5, 0.6) is 0 Å². The Hall–Kier alpha value is -0.680. The molecule has 14 heavy (non-hydrogen) atoms. The molecule has 0 bridgehead atoms. The molecule has 1 aromatic rings. The van der Waals surface area contributed by atoms with E-state index in [4.69, 9.17) is 11.6 Å². The monoisotopic (exact) mass is 278 g/mol. The molecule has 0 fully saturated rings. The molecule has 1 aromatic heterocycles. The lowest BCUT2D eigenvalue weighted by Gasteiger charge is -2.04. The molecule has 0 aliphatic rings. The minimum Gasteiger partial charge on any atom is -0.258 e. The van der Waals surface area contributed by atoms with Crippen molar-refractivity contribution in [3.63, 3.8) is 0 Å². The predicted octanol–water partition coefficient (Wildman–Crippen LogP) is 2.92. The normalized spacial score (nSPS) is 12.5. The van der Waals surface area contributed by atoms with Crippen molar-refractivity contribution in [2.24, 2.45) is 0 Å². The standard InChI is InChI=1S/C8H8BrClN2O2/c1-5(10)2-8-7(9)3-6(4-11-8)12(13)14/h3-5H,2H2,1H3. The molecule has 4 nitrogen and oxygen atoms in total. The Morgan fingerprint density at radius 3 is 2.86 bits per heavy atom. The zero-order valence-corrected chi connectivity index (χ0v) is 9.75. The largest absolute Gasteiger partial charge is 0.288 e. The molecule has 1 unspecified atom stereocenters. The molecule has 0 aliphatic heterocycles. The van der Waals surface area contributed by atoms with Gasteiger partial charge in [-0.25, -0.2) is 0 Å². The van der Waals surface area contributed by atoms with Crippen molar-refractivity contribution in [2.75, 3.05) is 0 Å². The van der Waals surface area contributed by atoms with Gasteiger partial charge in [0.2, 0.25) is 0 Å². The van der Waals surface area contributed by atoms with E-state index >= 15 is 0 Å². The molecule has 0 amide bonds. The highest BCUT2D eigenvalue weighted by Gasteiger charge is 2.11. The van der Waals surface area contributed by atoms with E-state index in [0.29, 0.717) is 10.9 Å². The minimum atomic E-state index is -0.480. The summed E-state index contributed by atoms with van der Waals surface area (Å²) in [4.78, 5) is 13.9. The Labute approximate surface area is 94.6 Å². The third kappa shape index (κ3) is 2.92. The molecular weight excluding hydrogens is 271 g/mol. The van der Waals surface area contributed by atoms with Gasteiger partial charge in [0.1, 0.15) is 6.20 Å². The van der Waals surface area contributed by atoms with Gasteiger partial charge >= 0.3 is 0 Å². The minimum absolute atomic E-state index is 0.0251. The first-order valence-corrected chi connectivity index (χ1v) is 5.16. The van der Waals surface area contributed by atoms with E-state index in [0.717, 1.165) is 5.69 Å². The van der Waals surface area contributed by atoms with E-state index in [1.807, 2.05) is 6.92 Å². The molecule has 0 aromatic carbocycles. The molecular formula is C8H8BrClN2O2. The highest BCUT2D eigenvalue weighted by atomic mass is 79.9. The Balaban J connectivity index is 2.95. The second-order valence-corrected chi connectivity index (χ2v) is 4.46. The van der Waals surface area contributed by atoms with Crippen LogP contribution < -0.4 is 0 Å². The molecule has 0 spiro atoms. The molecule has 0 radical (unpaired) electrons. The molecule has 0 saturated heterocycles. The Kier molecular flexibility index (Phi) is 3.83. The highest BCUT2D eigenvalue weighted by Crippen LogP contribution is 2.22. The lowest BCUT2D eigenvalue weighted by atomic mass is 10.2. The summed E-state index contributed by atoms with van der Waals surface area (Å²) >= 11 is 9.01. The van der Waals surface area contributed by atoms with Crippen LogP contribution in [0.1, 0.15) is 12.6 Å². The van der Waals surface area contributed by atoms with Crippen molar-refractivity contribution >= 4 is 33.2 Å². The summed E-state index contributed by atoms with van der Waals surface area (Å²) in [7, 11) is 0. The number of hydrogen-bond donors (Lipinski definition) is 0. The van der Waals surface area contributed by atoms with Gasteiger partial charge in [0, 0.05) is 22.3 Å². The first kappa shape index (κ1) is 11.4. The topological polar surface area (TPSA) is 56.0 Å². The van der Waals surface area contributed by atoms with E-state index in [-0.39, 0.29) is 11.1 Å². The Morgan fingerprint density at radius 1 is 1.79 bits per heavy atom. The van der Waals surface area contributed by atoms with E-state index in [9.17, 15) is 10.1 Å². The summed E-state index contributed by atoms with van der Waals surface area (Å²) in [5.41, 5.74) is 0.709. The lowest BCUT2D eigenvalue weighted by Crippen LogP contribution is -2.01. The molecule has 0 N–H and O–H groups in total. The van der Waals surface area contributed by atoms with E-state index in [1.54, 1.807) is 0 Å². The van der Waals surface area contributed by atoms with Crippen molar-refractivity contribution in [3.05, 3.63) is 32.5 Å². The molecule has 6 heteroatoms. The van der Waals surface area contributed by atoms with Gasteiger partial charge in [-0.3, -0.25) is 15.1 Å². The van der Waals surface area contributed by atoms with Gasteiger partial charge in [-0.1, -0.05) is 0 Å². The van der Waals surface area contributed by atoms with Crippen molar-refractivity contribution in [1.82, 2.24) is 4.98 Å². The maximum atomic E-state index is 10.4. The van der Waals surface area contributed by atoms with Gasteiger partial charge in [0.15, 0.2) is 0 Å². The predicted molar refractivity (Wildman–Crippen MR) is 57.6 cm³/mol. The van der Waals surface area contributed by atoms with Crippen LogP contribution in [-0.4, -0.2) is 15.3 Å². The fraction of sp³-hybridized carbons (Fsp3) is 0.375. The zero-order chi connectivity index (χ0) is 10.7. The third-order valence-electron chi connectivity index (χ3n) is 1.59. The van der Waals surface area contributed by atoms with Crippen LogP contribution >= 0.6 is 27.5 Å². The van der Waals surface area contributed by atoms with E-state index in [2.05, 4.69) is 20.9 Å². The number of aromatic nitrogens is 1. The van der Waals surface area contributed by atoms with Gasteiger partial charge in [-0.05, 0) is 22.9 Å². The molecule has 76 valence electrons. The molecule has 1 heterocycles. The Morgan fingerprint density at radius 2 is 2.43 bits per heavy atom. The lowest BCUT2D eigenvalue weighted by molar-refractivity contribution is -0.385. The average Bonchev–Trinajstić information content (AvgIpc) is 2.07. The van der Waals surface area contributed by atoms with Crippen molar-refractivity contribution in [1.29, 1.82) is 0 Å². The number of pyridine rings is 1. The zero-order valence-electron chi connectivity index (χ0n) is 7.41. The molecule has 1 atom stereocenters. The van der Waals surface area contributed by atoms with Crippen LogP contribution in [0.4, 0.5) is 5.69 Å². The van der Waals surface area contributed by atoms with Crippen molar-refractivity contribution < 1.29 is 4.92 Å². The highest BCUT2D eigenvalue weighted by molar-refractivity contribution is 9.10. The van der Waals surface area contributed by atoms with Crippen molar-refractivity contribution in [3.8, 4) is 0 Å². The van der Waals surface area contributed by atoms with Gasteiger partial charge in [0.05, 0.1) is 10.6 Å². The number of rotatable bonds is 3. The van der Waals surface area contributed by atoms with Gasteiger partial charge in [0.25, 0.3) is 5.69 Å². The summed E-state index contributed by atoms with van der Waals surface area (Å²) in [6, 6.07) is 1.43. The molecule has 1 rings (SSSR count). The quantitative estimate of drug-likeness (QED) is 0.485. The van der Waals surface area contributed by atoms with Crippen LogP contribution in [0.3, 0.4) is 0 Å². The summed E-state index contributed by atoms with van der Waals surface area (Å²) in [6.45, 7) is 1.84. The van der Waals surface area contributed by atoms with E-state index in [1.165, 1.54) is 12.3 Å². The van der Waals surface area contributed by atoms with E-state index < -0.39 is 4.92 Å². The summed E-state index contributed by atoms with van der Waals surface area (Å²) in [5.74, 6) is 0. The van der Waals surface area contributed by atoms with Gasteiger partial charge in [-0.15, -0.1) is 11.6 Å². The summed E-state index contributed by atoms with van der Waals surface area (Å²) in [6.07, 6.45) is 1.82. The second kappa shape index (κ2) is 4.70. The number of nitrogens with zero attached hydrogens (tertiary/aromatic N) is 2. The number of nitro groups is 1. The Bertz CT molecular complexity index is 357. The van der Waals surface area contributed by atoms with Crippen LogP contribution in [0.15, 0.2) is 16.7 Å². The number of halogens is 2. The summed E-state index contributed by atoms with van der Waals surface area (Å²) in [5, 5.41) is 10.4. The third-order valence-corrected chi connectivity index (χ3v) is 2.43. The molecule has 0 saturated carbocycles.